The summed E-state index contributed by atoms with van der Waals surface area (Å²) in [6, 6.07) is 4.87. The molecule has 0 fully saturated rings. The maximum atomic E-state index is 12.3. The fourth-order valence-corrected chi connectivity index (χ4v) is 3.53. The molecule has 9 heteroatoms. The van der Waals surface area contributed by atoms with Crippen molar-refractivity contribution in [3.8, 4) is 0 Å². The first-order valence-corrected chi connectivity index (χ1v) is 8.22. The molecule has 0 amide bonds. The average molecular weight is 380 g/mol. The third-order valence-corrected chi connectivity index (χ3v) is 4.83. The number of nitrogens with zero attached hydrogens (tertiary/aromatic N) is 1. The first-order chi connectivity index (χ1) is 9.35. The quantitative estimate of drug-likeness (QED) is 0.759. The summed E-state index contributed by atoms with van der Waals surface area (Å²) in [5.41, 5.74) is 6.89. The third-order valence-electron chi connectivity index (χ3n) is 2.67. The zero-order valence-corrected chi connectivity index (χ0v) is 13.6. The number of sulfonamides is 1. The lowest BCUT2D eigenvalue weighted by Gasteiger charge is -2.09. The van der Waals surface area contributed by atoms with Crippen LogP contribution in [0.4, 0.5) is 5.69 Å². The predicted molar refractivity (Wildman–Crippen MR) is 81.2 cm³/mol. The van der Waals surface area contributed by atoms with Crippen LogP contribution in [0, 0.1) is 6.92 Å². The lowest BCUT2D eigenvalue weighted by Crippen LogP contribution is -2.16. The largest absolute Gasteiger partial charge is 0.326 e. The number of nitrogens with two attached hydrogens (primary N) is 1. The molecule has 108 valence electrons. The van der Waals surface area contributed by atoms with E-state index in [4.69, 9.17) is 17.3 Å². The SMILES string of the molecule is Cc1[nH]nc(S(=O)(=O)Nc2cc(Br)ccc2Cl)c1CN. The molecular weight excluding hydrogens is 368 g/mol. The minimum absolute atomic E-state index is 0.0742. The third kappa shape index (κ3) is 2.98. The van der Waals surface area contributed by atoms with Gasteiger partial charge in [0.1, 0.15) is 0 Å². The molecule has 0 radical (unpaired) electrons. The summed E-state index contributed by atoms with van der Waals surface area (Å²) in [4.78, 5) is 0. The van der Waals surface area contributed by atoms with Gasteiger partial charge in [0.2, 0.25) is 5.03 Å². The van der Waals surface area contributed by atoms with Crippen molar-refractivity contribution in [1.29, 1.82) is 0 Å². The van der Waals surface area contributed by atoms with Crippen LogP contribution in [0.2, 0.25) is 5.02 Å². The number of anilines is 1. The number of benzene rings is 1. The Morgan fingerprint density at radius 3 is 2.85 bits per heavy atom. The number of halogens is 2. The normalized spacial score (nSPS) is 11.6. The van der Waals surface area contributed by atoms with E-state index in [1.165, 1.54) is 0 Å². The Kier molecular flexibility index (Phi) is 4.38. The highest BCUT2D eigenvalue weighted by molar-refractivity contribution is 9.10. The fraction of sp³-hybridized carbons (Fsp3) is 0.182. The molecule has 1 aromatic heterocycles. The Labute approximate surface area is 129 Å². The Morgan fingerprint density at radius 2 is 2.20 bits per heavy atom. The molecule has 0 bridgehead atoms. The molecule has 1 heterocycles. The second kappa shape index (κ2) is 5.72. The highest BCUT2D eigenvalue weighted by atomic mass is 79.9. The molecule has 1 aromatic carbocycles. The van der Waals surface area contributed by atoms with Crippen molar-refractivity contribution in [3.05, 3.63) is 39.0 Å². The lowest BCUT2D eigenvalue weighted by atomic mass is 10.3. The van der Waals surface area contributed by atoms with Gasteiger partial charge in [0, 0.05) is 22.3 Å². The standard InChI is InChI=1S/C11H12BrClN4O2S/c1-6-8(5-14)11(16-15-6)20(18,19)17-10-4-7(12)2-3-9(10)13/h2-4,17H,5,14H2,1H3,(H,15,16). The number of H-pyrrole nitrogens is 1. The van der Waals surface area contributed by atoms with Gasteiger partial charge in [0.15, 0.2) is 0 Å². The van der Waals surface area contributed by atoms with Gasteiger partial charge < -0.3 is 5.73 Å². The van der Waals surface area contributed by atoms with Crippen molar-refractivity contribution in [2.75, 3.05) is 4.72 Å². The van der Waals surface area contributed by atoms with Gasteiger partial charge >= 0.3 is 0 Å². The van der Waals surface area contributed by atoms with Crippen LogP contribution in [0.25, 0.3) is 0 Å². The summed E-state index contributed by atoms with van der Waals surface area (Å²) in [6.45, 7) is 1.78. The van der Waals surface area contributed by atoms with Gasteiger partial charge in [0.25, 0.3) is 10.0 Å². The van der Waals surface area contributed by atoms with Crippen molar-refractivity contribution in [2.24, 2.45) is 5.73 Å². The summed E-state index contributed by atoms with van der Waals surface area (Å²) < 4.78 is 27.8. The summed E-state index contributed by atoms with van der Waals surface area (Å²) >= 11 is 9.23. The van der Waals surface area contributed by atoms with Gasteiger partial charge in [-0.2, -0.15) is 13.5 Å². The summed E-state index contributed by atoms with van der Waals surface area (Å²) in [5.74, 6) is 0. The van der Waals surface area contributed by atoms with Crippen LogP contribution in [0.1, 0.15) is 11.3 Å². The van der Waals surface area contributed by atoms with Crippen LogP contribution in [-0.4, -0.2) is 18.6 Å². The number of aromatic nitrogens is 2. The number of aromatic amines is 1. The zero-order valence-electron chi connectivity index (χ0n) is 10.4. The van der Waals surface area contributed by atoms with Gasteiger partial charge in [-0.15, -0.1) is 0 Å². The Bertz CT molecular complexity index is 745. The second-order valence-corrected chi connectivity index (χ2v) is 6.99. The van der Waals surface area contributed by atoms with E-state index in [0.717, 1.165) is 0 Å². The molecule has 0 saturated heterocycles. The maximum Gasteiger partial charge on any atom is 0.281 e. The predicted octanol–water partition coefficient (Wildman–Crippen LogP) is 2.39. The van der Waals surface area contributed by atoms with Gasteiger partial charge in [-0.25, -0.2) is 0 Å². The molecule has 2 rings (SSSR count). The summed E-state index contributed by atoms with van der Waals surface area (Å²) in [6.07, 6.45) is 0. The van der Waals surface area contributed by atoms with Crippen LogP contribution in [0.15, 0.2) is 27.7 Å². The van der Waals surface area contributed by atoms with E-state index in [9.17, 15) is 8.42 Å². The highest BCUT2D eigenvalue weighted by Crippen LogP contribution is 2.28. The van der Waals surface area contributed by atoms with E-state index >= 15 is 0 Å². The van der Waals surface area contributed by atoms with E-state index in [1.807, 2.05) is 0 Å². The lowest BCUT2D eigenvalue weighted by molar-refractivity contribution is 0.596. The van der Waals surface area contributed by atoms with E-state index in [-0.39, 0.29) is 17.3 Å². The van der Waals surface area contributed by atoms with Crippen molar-refractivity contribution in [3.63, 3.8) is 0 Å². The molecule has 0 aliphatic rings. The molecule has 0 aliphatic carbocycles. The first-order valence-electron chi connectivity index (χ1n) is 5.57. The number of aryl methyl sites for hydroxylation is 1. The average Bonchev–Trinajstić information content (AvgIpc) is 2.75. The van der Waals surface area contributed by atoms with Gasteiger partial charge in [0.05, 0.1) is 10.7 Å². The van der Waals surface area contributed by atoms with Crippen LogP contribution in [0.5, 0.6) is 0 Å². The smallest absolute Gasteiger partial charge is 0.281 e. The molecule has 6 nitrogen and oxygen atoms in total. The summed E-state index contributed by atoms with van der Waals surface area (Å²) in [7, 11) is -3.85. The number of nitrogens with one attached hydrogen (secondary N) is 2. The Morgan fingerprint density at radius 1 is 1.50 bits per heavy atom. The van der Waals surface area contributed by atoms with Crippen LogP contribution < -0.4 is 10.5 Å². The van der Waals surface area contributed by atoms with Gasteiger partial charge in [-0.05, 0) is 25.1 Å². The maximum absolute atomic E-state index is 12.3. The van der Waals surface area contributed by atoms with Crippen molar-refractivity contribution < 1.29 is 8.42 Å². The van der Waals surface area contributed by atoms with E-state index in [0.29, 0.717) is 20.8 Å². The Balaban J connectivity index is 2.43. The number of hydrogen-bond acceptors (Lipinski definition) is 4. The van der Waals surface area contributed by atoms with Gasteiger partial charge in [-0.1, -0.05) is 27.5 Å². The van der Waals surface area contributed by atoms with E-state index in [1.54, 1.807) is 25.1 Å². The summed E-state index contributed by atoms with van der Waals surface area (Å²) in [5, 5.41) is 6.58. The molecule has 0 saturated carbocycles. The highest BCUT2D eigenvalue weighted by Gasteiger charge is 2.24. The van der Waals surface area contributed by atoms with Crippen LogP contribution in [-0.2, 0) is 16.6 Å². The number of hydrogen-bond donors (Lipinski definition) is 3. The Hall–Kier alpha value is -1.09. The van der Waals surface area contributed by atoms with Gasteiger partial charge in [-0.3, -0.25) is 9.82 Å². The molecule has 2 aromatic rings. The van der Waals surface area contributed by atoms with Crippen molar-refractivity contribution in [2.45, 2.75) is 18.5 Å². The van der Waals surface area contributed by atoms with E-state index in [2.05, 4.69) is 30.8 Å². The molecule has 4 N–H and O–H groups in total. The van der Waals surface area contributed by atoms with Crippen molar-refractivity contribution >= 4 is 43.2 Å². The molecule has 0 spiro atoms. The molecule has 0 unspecified atom stereocenters. The first kappa shape index (κ1) is 15.3. The molecular formula is C11H12BrClN4O2S. The van der Waals surface area contributed by atoms with Crippen LogP contribution in [0.3, 0.4) is 0 Å². The van der Waals surface area contributed by atoms with E-state index < -0.39 is 10.0 Å². The fourth-order valence-electron chi connectivity index (χ4n) is 1.66. The minimum Gasteiger partial charge on any atom is -0.326 e. The zero-order chi connectivity index (χ0) is 14.9. The topological polar surface area (TPSA) is 101 Å². The minimum atomic E-state index is -3.85. The van der Waals surface area contributed by atoms with Crippen molar-refractivity contribution in [1.82, 2.24) is 10.2 Å². The molecule has 20 heavy (non-hydrogen) atoms. The molecule has 0 aliphatic heterocycles. The second-order valence-electron chi connectivity index (χ2n) is 4.07. The molecule has 0 atom stereocenters. The monoisotopic (exact) mass is 378 g/mol. The number of rotatable bonds is 4. The van der Waals surface area contributed by atoms with Crippen LogP contribution >= 0.6 is 27.5 Å².